The van der Waals surface area contributed by atoms with Crippen molar-refractivity contribution in [3.63, 3.8) is 0 Å². The summed E-state index contributed by atoms with van der Waals surface area (Å²) in [6.07, 6.45) is -0.407. The molecule has 0 fully saturated rings. The molecule has 0 spiro atoms. The van der Waals surface area contributed by atoms with Gasteiger partial charge in [0.2, 0.25) is 0 Å². The molecule has 0 bridgehead atoms. The maximum absolute atomic E-state index is 11.3. The van der Waals surface area contributed by atoms with Crippen LogP contribution >= 0.6 is 0 Å². The molecule has 0 radical (unpaired) electrons. The highest BCUT2D eigenvalue weighted by atomic mass is 28.5. The van der Waals surface area contributed by atoms with Gasteiger partial charge < -0.3 is 62.1 Å². The Morgan fingerprint density at radius 3 is 0.542 bits per heavy atom. The molecule has 0 unspecified atom stereocenters. The number of aliphatic hydroxyl groups excluding tert-OH is 2. The molecule has 0 heterocycles. The van der Waals surface area contributed by atoms with Gasteiger partial charge >= 0.3 is 34.2 Å². The Morgan fingerprint density at radius 2 is 0.403 bits per heavy atom. The first-order valence-corrected chi connectivity index (χ1v) is 64.6. The third kappa shape index (κ3) is 37.8. The summed E-state index contributed by atoms with van der Waals surface area (Å²) < 4.78 is 82.2. The first-order chi connectivity index (χ1) is 31.9. The Hall–Kier alpha value is 2.04. The molecule has 0 aliphatic carbocycles. The molecule has 2 N–H and O–H groups in total. The summed E-state index contributed by atoms with van der Waals surface area (Å²) in [5.74, 6) is 0. The summed E-state index contributed by atoms with van der Waals surface area (Å²) in [5.41, 5.74) is 0. The Balaban J connectivity index is 7.31. The van der Waals surface area contributed by atoms with E-state index in [4.69, 9.17) is 51.9 Å². The van der Waals surface area contributed by atoms with E-state index < -0.39 is 125 Å². The van der Waals surface area contributed by atoms with Crippen molar-refractivity contribution in [1.82, 2.24) is 0 Å². The molecule has 0 aliphatic rings. The fraction of sp³-hybridized carbons (Fsp3) is 1.00. The second-order valence-corrected chi connectivity index (χ2v) is 79.9. The quantitative estimate of drug-likeness (QED) is 0.0441. The van der Waals surface area contributed by atoms with Crippen LogP contribution < -0.4 is 0 Å². The van der Waals surface area contributed by atoms with Crippen molar-refractivity contribution in [2.45, 2.75) is 258 Å². The summed E-state index contributed by atoms with van der Waals surface area (Å²) in [6.45, 7) is 62.8. The maximum atomic E-state index is 11.3. The van der Waals surface area contributed by atoms with Gasteiger partial charge in [-0.3, -0.25) is 0 Å². The van der Waals surface area contributed by atoms with E-state index in [9.17, 15) is 10.2 Å². The van der Waals surface area contributed by atoms with Gasteiger partial charge in [0.1, 0.15) is 24.4 Å². The Morgan fingerprint density at radius 1 is 0.250 bits per heavy atom. The van der Waals surface area contributed by atoms with Crippen LogP contribution in [0.25, 0.3) is 0 Å². The Kier molecular flexibility index (Phi) is 31.1. The third-order valence-corrected chi connectivity index (χ3v) is 48.4. The molecular weight excluding hydrogens is 1110 g/mol. The van der Waals surface area contributed by atoms with Crippen LogP contribution in [0.3, 0.4) is 0 Å². The maximum Gasteiger partial charge on any atom is 0.314 e. The predicted octanol–water partition coefficient (Wildman–Crippen LogP) is 13.2. The fourth-order valence-electron chi connectivity index (χ4n) is 9.48. The first-order valence-electron chi connectivity index (χ1n) is 27.2. The zero-order chi connectivity index (χ0) is 56.7. The minimum Gasteiger partial charge on any atom is -0.437 e. The SMILES string of the molecule is C[Si](C)(C)O[Si](C)(CCCO[C@H]([C@H](OCCC[Si](C)(O[Si](C)(C)C)O[Si](C)(C)C)[C@@H](CO)OCCC[Si](C)(O[Si](C)(C)C)O[Si](C)(C)C)[C@H](CO)OCCC[Si](C)(O[Si](C)(C)C)O[Si](C)(C)C)O[Si](C)(C)C. The predicted molar refractivity (Wildman–Crippen MR) is 333 cm³/mol. The molecule has 0 amide bonds. The van der Waals surface area contributed by atoms with Gasteiger partial charge in [-0.2, -0.15) is 0 Å². The van der Waals surface area contributed by atoms with E-state index in [2.05, 4.69) is 183 Å². The summed E-state index contributed by atoms with van der Waals surface area (Å²) in [5, 5.41) is 22.7. The van der Waals surface area contributed by atoms with Gasteiger partial charge in [0.05, 0.1) is 13.2 Å². The standard InChI is InChI=1S/C46H118O14Si12/c1-61(2,3)53-69(25,54-62(4,5)6)37-29-33-49-43(41-47)45(51-35-31-39-71(27,57-65(13,14)15)58-66(16,17)18)46(52-36-32-40-72(28,59-67(19,20)21)60-68(22,23)24)44(42-48)50-34-30-38-70(26,55-63(7,8)9)56-64(10,11)12/h43-48H,29-42H2,1-28H3/t43-,44+,45-,46+. The zero-order valence-corrected chi connectivity index (χ0v) is 64.0. The summed E-state index contributed by atoms with van der Waals surface area (Å²) in [7, 11) is -25.7. The molecule has 0 saturated heterocycles. The lowest BCUT2D eigenvalue weighted by atomic mass is 10.0. The van der Waals surface area contributed by atoms with Crippen LogP contribution in [-0.2, 0) is 51.9 Å². The molecular formula is C46H118O14Si12. The Labute approximate surface area is 457 Å². The number of ether oxygens (including phenoxy) is 4. The highest BCUT2D eigenvalue weighted by Gasteiger charge is 2.45. The molecule has 434 valence electrons. The van der Waals surface area contributed by atoms with Gasteiger partial charge in [-0.1, -0.05) is 0 Å². The average molecular weight is 1230 g/mol. The van der Waals surface area contributed by atoms with Crippen LogP contribution in [0.1, 0.15) is 25.7 Å². The van der Waals surface area contributed by atoms with E-state index >= 15 is 0 Å². The van der Waals surface area contributed by atoms with Crippen molar-refractivity contribution in [2.24, 2.45) is 0 Å². The van der Waals surface area contributed by atoms with Crippen LogP contribution in [0, 0.1) is 0 Å². The van der Waals surface area contributed by atoms with Crippen LogP contribution in [0.5, 0.6) is 0 Å². The van der Waals surface area contributed by atoms with E-state index in [1.54, 1.807) is 0 Å². The second-order valence-electron chi connectivity index (χ2n) is 28.5. The van der Waals surface area contributed by atoms with Crippen LogP contribution in [0.2, 0.25) is 207 Å². The molecule has 0 aromatic heterocycles. The number of hydrogen-bond acceptors (Lipinski definition) is 14. The van der Waals surface area contributed by atoms with Crippen molar-refractivity contribution in [3.8, 4) is 0 Å². The van der Waals surface area contributed by atoms with E-state index in [-0.39, 0.29) is 13.2 Å². The zero-order valence-electron chi connectivity index (χ0n) is 52.0. The topological polar surface area (TPSA) is 151 Å². The lowest BCUT2D eigenvalue weighted by molar-refractivity contribution is -0.191. The molecule has 26 heteroatoms. The van der Waals surface area contributed by atoms with Gasteiger partial charge in [-0.05, 0) is 233 Å². The smallest absolute Gasteiger partial charge is 0.314 e. The average Bonchev–Trinajstić information content (AvgIpc) is 3.06. The van der Waals surface area contributed by atoms with Gasteiger partial charge in [-0.15, -0.1) is 0 Å². The lowest BCUT2D eigenvalue weighted by Crippen LogP contribution is -2.54. The monoisotopic (exact) mass is 1230 g/mol. The summed E-state index contributed by atoms with van der Waals surface area (Å²) in [6, 6.07) is 3.02. The largest absolute Gasteiger partial charge is 0.437 e. The molecule has 0 aromatic carbocycles. The van der Waals surface area contributed by atoms with E-state index in [1.807, 2.05) is 0 Å². The van der Waals surface area contributed by atoms with E-state index in [1.165, 1.54) is 0 Å². The highest BCUT2D eigenvalue weighted by Crippen LogP contribution is 2.31. The number of rotatable bonds is 41. The van der Waals surface area contributed by atoms with Crippen molar-refractivity contribution >= 4 is 101 Å². The minimum absolute atomic E-state index is 0.316. The molecule has 0 saturated carbocycles. The van der Waals surface area contributed by atoms with E-state index in [0.717, 1.165) is 24.2 Å². The van der Waals surface area contributed by atoms with Crippen LogP contribution in [0.4, 0.5) is 0 Å². The van der Waals surface area contributed by atoms with Gasteiger partial charge in [0.15, 0.2) is 66.5 Å². The third-order valence-electron chi connectivity index (χ3n) is 9.98. The Bertz CT molecular complexity index is 1330. The molecule has 4 atom stereocenters. The second kappa shape index (κ2) is 30.2. The molecule has 14 nitrogen and oxygen atoms in total. The van der Waals surface area contributed by atoms with Gasteiger partial charge in [0, 0.05) is 26.4 Å². The summed E-state index contributed by atoms with van der Waals surface area (Å²) in [4.78, 5) is 0. The number of hydrogen-bond donors (Lipinski definition) is 2. The normalized spacial score (nSPS) is 16.6. The van der Waals surface area contributed by atoms with Gasteiger partial charge in [-0.25, -0.2) is 0 Å². The molecule has 72 heavy (non-hydrogen) atoms. The van der Waals surface area contributed by atoms with Crippen molar-refractivity contribution < 1.29 is 62.1 Å². The van der Waals surface area contributed by atoms with Crippen molar-refractivity contribution in [2.75, 3.05) is 39.6 Å². The van der Waals surface area contributed by atoms with Crippen molar-refractivity contribution in [1.29, 1.82) is 0 Å². The molecule has 0 rings (SSSR count). The van der Waals surface area contributed by atoms with Crippen molar-refractivity contribution in [3.05, 3.63) is 0 Å². The van der Waals surface area contributed by atoms with Crippen LogP contribution in [-0.4, -0.2) is 175 Å². The molecule has 0 aliphatic heterocycles. The summed E-state index contributed by atoms with van der Waals surface area (Å²) >= 11 is 0. The van der Waals surface area contributed by atoms with Gasteiger partial charge in [0.25, 0.3) is 0 Å². The van der Waals surface area contributed by atoms with Crippen LogP contribution in [0.15, 0.2) is 0 Å². The number of aliphatic hydroxyl groups is 2. The molecule has 0 aromatic rings. The lowest BCUT2D eigenvalue weighted by Gasteiger charge is -2.40. The minimum atomic E-state index is -2.58. The van der Waals surface area contributed by atoms with E-state index in [0.29, 0.717) is 52.1 Å². The first kappa shape index (κ1) is 74.0. The highest BCUT2D eigenvalue weighted by molar-refractivity contribution is 6.90. The fourth-order valence-corrected chi connectivity index (χ4v) is 59.5.